The Bertz CT molecular complexity index is 386. The average molecular weight is 217 g/mol. The van der Waals surface area contributed by atoms with Crippen LogP contribution in [0.2, 0.25) is 0 Å². The zero-order valence-corrected chi connectivity index (χ0v) is 9.78. The van der Waals surface area contributed by atoms with Crippen molar-refractivity contribution in [2.24, 2.45) is 11.7 Å². The fraction of sp³-hybridized carbons (Fsp3) is 0.429. The maximum atomic E-state index is 6.20. The number of allylic oxidation sites excluding steroid dienone is 1. The van der Waals surface area contributed by atoms with E-state index in [9.17, 15) is 0 Å². The second-order valence-corrected chi connectivity index (χ2v) is 4.45. The van der Waals surface area contributed by atoms with Crippen molar-refractivity contribution in [3.05, 3.63) is 42.0 Å². The molecule has 0 fully saturated rings. The van der Waals surface area contributed by atoms with Crippen molar-refractivity contribution in [3.8, 4) is 5.75 Å². The van der Waals surface area contributed by atoms with Crippen LogP contribution in [-0.2, 0) is 12.8 Å². The fourth-order valence-corrected chi connectivity index (χ4v) is 2.53. The van der Waals surface area contributed by atoms with E-state index in [1.807, 2.05) is 12.1 Å². The number of hydrogen-bond donors (Lipinski definition) is 1. The summed E-state index contributed by atoms with van der Waals surface area (Å²) in [6.45, 7) is 3.80. The molecule has 2 rings (SSSR count). The van der Waals surface area contributed by atoms with Gasteiger partial charge in [-0.1, -0.05) is 18.2 Å². The highest BCUT2D eigenvalue weighted by Gasteiger charge is 2.26. The molecule has 0 spiro atoms. The molecule has 1 aliphatic carbocycles. The van der Waals surface area contributed by atoms with Crippen LogP contribution in [0.4, 0.5) is 0 Å². The Morgan fingerprint density at radius 3 is 3.00 bits per heavy atom. The van der Waals surface area contributed by atoms with Crippen LogP contribution in [0.3, 0.4) is 0 Å². The molecule has 0 saturated carbocycles. The number of benzene rings is 1. The minimum Gasteiger partial charge on any atom is -0.496 e. The van der Waals surface area contributed by atoms with Gasteiger partial charge in [-0.25, -0.2) is 0 Å². The van der Waals surface area contributed by atoms with Crippen LogP contribution in [0.15, 0.2) is 30.9 Å². The number of methoxy groups -OCH3 is 1. The third-order valence-corrected chi connectivity index (χ3v) is 3.45. The molecule has 1 aromatic carbocycles. The number of nitrogens with two attached hydrogens (primary N) is 1. The maximum Gasteiger partial charge on any atom is 0.122 e. The molecule has 2 heteroatoms. The molecule has 0 bridgehead atoms. The summed E-state index contributed by atoms with van der Waals surface area (Å²) in [6.07, 6.45) is 4.92. The topological polar surface area (TPSA) is 35.2 Å². The van der Waals surface area contributed by atoms with Crippen LogP contribution >= 0.6 is 0 Å². The number of ether oxygens (including phenoxy) is 1. The number of hydrogen-bond acceptors (Lipinski definition) is 2. The van der Waals surface area contributed by atoms with Crippen molar-refractivity contribution < 1.29 is 4.74 Å². The van der Waals surface area contributed by atoms with Crippen molar-refractivity contribution in [2.75, 3.05) is 7.11 Å². The summed E-state index contributed by atoms with van der Waals surface area (Å²) in [6, 6.07) is 6.47. The molecule has 0 saturated heterocycles. The van der Waals surface area contributed by atoms with E-state index in [0.717, 1.165) is 25.0 Å². The molecule has 0 unspecified atom stereocenters. The SMILES string of the molecule is C=CC[C@@H]1Cc2cccc(OC)c2C[C@@H]1N. The Morgan fingerprint density at radius 1 is 1.50 bits per heavy atom. The van der Waals surface area contributed by atoms with Gasteiger partial charge in [0.05, 0.1) is 7.11 Å². The first-order valence-electron chi connectivity index (χ1n) is 5.77. The summed E-state index contributed by atoms with van der Waals surface area (Å²) in [5.74, 6) is 1.50. The second kappa shape index (κ2) is 4.71. The van der Waals surface area contributed by atoms with Gasteiger partial charge in [0, 0.05) is 6.04 Å². The van der Waals surface area contributed by atoms with E-state index in [2.05, 4.69) is 18.7 Å². The molecule has 0 radical (unpaired) electrons. The normalized spacial score (nSPS) is 23.6. The van der Waals surface area contributed by atoms with Crippen molar-refractivity contribution in [2.45, 2.75) is 25.3 Å². The highest BCUT2D eigenvalue weighted by atomic mass is 16.5. The van der Waals surface area contributed by atoms with Crippen molar-refractivity contribution in [3.63, 3.8) is 0 Å². The van der Waals surface area contributed by atoms with Crippen LogP contribution in [0.25, 0.3) is 0 Å². The van der Waals surface area contributed by atoms with Crippen LogP contribution in [0, 0.1) is 5.92 Å². The monoisotopic (exact) mass is 217 g/mol. The van der Waals surface area contributed by atoms with Crippen molar-refractivity contribution >= 4 is 0 Å². The van der Waals surface area contributed by atoms with E-state index in [1.54, 1.807) is 7.11 Å². The quantitative estimate of drug-likeness (QED) is 0.789. The molecule has 2 N–H and O–H groups in total. The molecule has 2 nitrogen and oxygen atoms in total. The summed E-state index contributed by atoms with van der Waals surface area (Å²) in [5, 5.41) is 0. The second-order valence-electron chi connectivity index (χ2n) is 4.45. The molecule has 0 heterocycles. The molecular formula is C14H19NO. The van der Waals surface area contributed by atoms with Crippen molar-refractivity contribution in [1.29, 1.82) is 0 Å². The molecular weight excluding hydrogens is 198 g/mol. The van der Waals surface area contributed by atoms with Gasteiger partial charge in [-0.3, -0.25) is 0 Å². The summed E-state index contributed by atoms with van der Waals surface area (Å²) < 4.78 is 5.38. The van der Waals surface area contributed by atoms with E-state index >= 15 is 0 Å². The van der Waals surface area contributed by atoms with Gasteiger partial charge in [-0.2, -0.15) is 0 Å². The predicted octanol–water partition coefficient (Wildman–Crippen LogP) is 2.31. The molecule has 2 atom stereocenters. The lowest BCUT2D eigenvalue weighted by atomic mass is 9.78. The molecule has 86 valence electrons. The largest absolute Gasteiger partial charge is 0.496 e. The van der Waals surface area contributed by atoms with Gasteiger partial charge in [0.25, 0.3) is 0 Å². The van der Waals surface area contributed by atoms with Crippen LogP contribution in [0.5, 0.6) is 5.75 Å². The predicted molar refractivity (Wildman–Crippen MR) is 66.7 cm³/mol. The summed E-state index contributed by atoms with van der Waals surface area (Å²) >= 11 is 0. The average Bonchev–Trinajstić information content (AvgIpc) is 2.30. The lowest BCUT2D eigenvalue weighted by Crippen LogP contribution is -2.37. The van der Waals surface area contributed by atoms with E-state index in [4.69, 9.17) is 10.5 Å². The molecule has 1 aromatic rings. The summed E-state index contributed by atoms with van der Waals surface area (Å²) in [4.78, 5) is 0. The van der Waals surface area contributed by atoms with Gasteiger partial charge < -0.3 is 10.5 Å². The Hall–Kier alpha value is -1.28. The van der Waals surface area contributed by atoms with E-state index in [0.29, 0.717) is 5.92 Å². The smallest absolute Gasteiger partial charge is 0.122 e. The van der Waals surface area contributed by atoms with Crippen molar-refractivity contribution in [1.82, 2.24) is 0 Å². The minimum atomic E-state index is 0.224. The third kappa shape index (κ3) is 1.98. The first kappa shape index (κ1) is 11.2. The van der Waals surface area contributed by atoms with Crippen LogP contribution in [-0.4, -0.2) is 13.2 Å². The van der Waals surface area contributed by atoms with E-state index < -0.39 is 0 Å². The fourth-order valence-electron chi connectivity index (χ4n) is 2.53. The lowest BCUT2D eigenvalue weighted by molar-refractivity contribution is 0.371. The van der Waals surface area contributed by atoms with E-state index in [1.165, 1.54) is 11.1 Å². The van der Waals surface area contributed by atoms with Gasteiger partial charge in [-0.05, 0) is 42.4 Å². The molecule has 0 aromatic heterocycles. The Balaban J connectivity index is 2.30. The highest BCUT2D eigenvalue weighted by Crippen LogP contribution is 2.32. The molecule has 0 amide bonds. The molecule has 0 aliphatic heterocycles. The number of fused-ring (bicyclic) bond motifs is 1. The molecule has 1 aliphatic rings. The van der Waals surface area contributed by atoms with Gasteiger partial charge in [-0.15, -0.1) is 6.58 Å². The standard InChI is InChI=1S/C14H19NO/c1-3-5-11-8-10-6-4-7-14(16-2)12(10)9-13(11)15/h3-4,6-7,11,13H,1,5,8-9,15H2,2H3/t11-,13+/m1/s1. The first-order valence-corrected chi connectivity index (χ1v) is 5.77. The van der Waals surface area contributed by atoms with Crippen LogP contribution < -0.4 is 10.5 Å². The maximum absolute atomic E-state index is 6.20. The van der Waals surface area contributed by atoms with Gasteiger partial charge in [0.2, 0.25) is 0 Å². The summed E-state index contributed by atoms with van der Waals surface area (Å²) in [7, 11) is 1.72. The Labute approximate surface area is 97.1 Å². The number of rotatable bonds is 3. The lowest BCUT2D eigenvalue weighted by Gasteiger charge is -2.30. The first-order chi connectivity index (χ1) is 7.76. The summed E-state index contributed by atoms with van der Waals surface area (Å²) in [5.41, 5.74) is 8.87. The third-order valence-electron chi connectivity index (χ3n) is 3.45. The zero-order chi connectivity index (χ0) is 11.5. The van der Waals surface area contributed by atoms with Gasteiger partial charge in [0.15, 0.2) is 0 Å². The van der Waals surface area contributed by atoms with E-state index in [-0.39, 0.29) is 6.04 Å². The van der Waals surface area contributed by atoms with Gasteiger partial charge in [0.1, 0.15) is 5.75 Å². The molecule has 16 heavy (non-hydrogen) atoms. The van der Waals surface area contributed by atoms with Gasteiger partial charge >= 0.3 is 0 Å². The Kier molecular flexibility index (Phi) is 3.30. The van der Waals surface area contributed by atoms with Crippen LogP contribution in [0.1, 0.15) is 17.5 Å². The zero-order valence-electron chi connectivity index (χ0n) is 9.78. The minimum absolute atomic E-state index is 0.224. The highest BCUT2D eigenvalue weighted by molar-refractivity contribution is 5.43. The Morgan fingerprint density at radius 2 is 2.31 bits per heavy atom.